The van der Waals surface area contributed by atoms with Crippen LogP contribution in [0.5, 0.6) is 5.75 Å². The van der Waals surface area contributed by atoms with Gasteiger partial charge in [0.15, 0.2) is 0 Å². The Kier molecular flexibility index (Phi) is 5.45. The number of nitrogens with zero attached hydrogens (tertiary/aromatic N) is 4. The number of nitrogens with one attached hydrogen (secondary N) is 1. The van der Waals surface area contributed by atoms with Gasteiger partial charge in [-0.05, 0) is 31.9 Å². The quantitative estimate of drug-likeness (QED) is 0.816. The van der Waals surface area contributed by atoms with Crippen LogP contribution < -0.4 is 15.0 Å². The van der Waals surface area contributed by atoms with Crippen molar-refractivity contribution < 1.29 is 14.3 Å². The van der Waals surface area contributed by atoms with Gasteiger partial charge in [-0.1, -0.05) is 6.42 Å². The second-order valence-corrected chi connectivity index (χ2v) is 8.85. The van der Waals surface area contributed by atoms with Crippen molar-refractivity contribution in [3.05, 3.63) is 17.8 Å². The van der Waals surface area contributed by atoms with E-state index in [4.69, 9.17) is 14.5 Å². The minimum Gasteiger partial charge on any atom is -0.460 e. The molecule has 8 nitrogen and oxygen atoms in total. The standard InChI is InChI=1S/C22H33N5O3/c1-2-23-21(28)27-14-12-26(13-15-27)20-7-6-19-18(24-20)16-29-22(30-19)8-10-25(11-9-22)17-4-3-5-17/h6-7,17H,2-5,8-16H2,1H3,(H,23,28). The Balaban J connectivity index is 1.19. The van der Waals surface area contributed by atoms with Gasteiger partial charge in [-0.3, -0.25) is 4.90 Å². The van der Waals surface area contributed by atoms with Crippen LogP contribution in [0.4, 0.5) is 10.6 Å². The first-order valence-electron chi connectivity index (χ1n) is 11.5. The Labute approximate surface area is 178 Å². The van der Waals surface area contributed by atoms with Gasteiger partial charge in [0.2, 0.25) is 5.79 Å². The third kappa shape index (κ3) is 3.83. The van der Waals surface area contributed by atoms with Crippen molar-refractivity contribution in [2.45, 2.75) is 57.5 Å². The molecule has 8 heteroatoms. The summed E-state index contributed by atoms with van der Waals surface area (Å²) in [6.45, 7) is 8.20. The Hall–Kier alpha value is -2.06. The normalized spacial score (nSPS) is 24.2. The minimum atomic E-state index is -0.477. The number of amides is 2. The Bertz CT molecular complexity index is 768. The van der Waals surface area contributed by atoms with E-state index in [9.17, 15) is 4.79 Å². The zero-order valence-electron chi connectivity index (χ0n) is 17.9. The molecule has 0 unspecified atom stereocenters. The van der Waals surface area contributed by atoms with E-state index in [1.54, 1.807) is 0 Å². The molecule has 5 rings (SSSR count). The van der Waals surface area contributed by atoms with Gasteiger partial charge in [0.1, 0.15) is 17.3 Å². The van der Waals surface area contributed by atoms with Crippen LogP contribution in [-0.2, 0) is 11.3 Å². The summed E-state index contributed by atoms with van der Waals surface area (Å²) in [4.78, 5) is 23.5. The van der Waals surface area contributed by atoms with E-state index in [1.807, 2.05) is 17.9 Å². The summed E-state index contributed by atoms with van der Waals surface area (Å²) in [5.41, 5.74) is 0.880. The number of carbonyl (C=O) groups is 1. The second-order valence-electron chi connectivity index (χ2n) is 8.85. The lowest BCUT2D eigenvalue weighted by molar-refractivity contribution is -0.232. The molecular weight excluding hydrogens is 382 g/mol. The van der Waals surface area contributed by atoms with E-state index >= 15 is 0 Å². The van der Waals surface area contributed by atoms with Gasteiger partial charge in [0.05, 0.1) is 6.61 Å². The first-order valence-corrected chi connectivity index (χ1v) is 11.5. The van der Waals surface area contributed by atoms with E-state index in [0.717, 1.165) is 62.3 Å². The molecule has 0 aromatic carbocycles. The van der Waals surface area contributed by atoms with Crippen molar-refractivity contribution in [2.75, 3.05) is 50.7 Å². The average molecular weight is 416 g/mol. The lowest BCUT2D eigenvalue weighted by Crippen LogP contribution is -2.54. The lowest BCUT2D eigenvalue weighted by Gasteiger charge is -2.47. The van der Waals surface area contributed by atoms with E-state index < -0.39 is 5.79 Å². The molecule has 2 saturated heterocycles. The third-order valence-corrected chi connectivity index (χ3v) is 7.06. The fourth-order valence-electron chi connectivity index (χ4n) is 4.91. The zero-order chi connectivity index (χ0) is 20.6. The number of pyridine rings is 1. The minimum absolute atomic E-state index is 0.0194. The maximum Gasteiger partial charge on any atom is 0.317 e. The van der Waals surface area contributed by atoms with Crippen LogP contribution in [0.15, 0.2) is 12.1 Å². The molecule has 30 heavy (non-hydrogen) atoms. The number of urea groups is 1. The van der Waals surface area contributed by atoms with Crippen molar-refractivity contribution in [1.82, 2.24) is 20.1 Å². The monoisotopic (exact) mass is 415 g/mol. The second kappa shape index (κ2) is 8.23. The van der Waals surface area contributed by atoms with Crippen LogP contribution in [0.2, 0.25) is 0 Å². The number of hydrogen-bond donors (Lipinski definition) is 1. The number of likely N-dealkylation sites (tertiary alicyclic amines) is 1. The maximum absolute atomic E-state index is 12.0. The number of ether oxygens (including phenoxy) is 2. The third-order valence-electron chi connectivity index (χ3n) is 7.06. The van der Waals surface area contributed by atoms with Crippen LogP contribution in [0, 0.1) is 0 Å². The number of anilines is 1. The number of carbonyl (C=O) groups excluding carboxylic acids is 1. The molecule has 1 aromatic heterocycles. The molecular formula is C22H33N5O3. The first kappa shape index (κ1) is 19.9. The Morgan fingerprint density at radius 2 is 1.93 bits per heavy atom. The van der Waals surface area contributed by atoms with Gasteiger partial charge in [-0.2, -0.15) is 0 Å². The van der Waals surface area contributed by atoms with Crippen LogP contribution in [0.3, 0.4) is 0 Å². The predicted octanol–water partition coefficient (Wildman–Crippen LogP) is 2.19. The molecule has 3 fully saturated rings. The molecule has 1 aliphatic carbocycles. The number of fused-ring (bicyclic) bond motifs is 1. The maximum atomic E-state index is 12.0. The van der Waals surface area contributed by atoms with Crippen molar-refractivity contribution >= 4 is 11.8 Å². The van der Waals surface area contributed by atoms with Crippen LogP contribution in [0.1, 0.15) is 44.7 Å². The van der Waals surface area contributed by atoms with E-state index in [0.29, 0.717) is 26.2 Å². The topological polar surface area (TPSA) is 70.2 Å². The first-order chi connectivity index (χ1) is 14.7. The fourth-order valence-corrected chi connectivity index (χ4v) is 4.91. The average Bonchev–Trinajstić information content (AvgIpc) is 2.74. The van der Waals surface area contributed by atoms with Crippen LogP contribution in [-0.4, -0.2) is 78.5 Å². The summed E-state index contributed by atoms with van der Waals surface area (Å²) in [6, 6.07) is 4.90. The fraction of sp³-hybridized carbons (Fsp3) is 0.727. The summed E-state index contributed by atoms with van der Waals surface area (Å²) in [5, 5.41) is 2.87. The summed E-state index contributed by atoms with van der Waals surface area (Å²) in [5.74, 6) is 1.32. The van der Waals surface area contributed by atoms with Gasteiger partial charge in [0, 0.05) is 64.7 Å². The van der Waals surface area contributed by atoms with E-state index in [-0.39, 0.29) is 6.03 Å². The molecule has 0 atom stereocenters. The van der Waals surface area contributed by atoms with Crippen molar-refractivity contribution in [3.63, 3.8) is 0 Å². The molecule has 1 spiro atoms. The molecule has 1 saturated carbocycles. The van der Waals surface area contributed by atoms with Gasteiger partial charge in [-0.25, -0.2) is 9.78 Å². The molecule has 1 N–H and O–H groups in total. The lowest BCUT2D eigenvalue weighted by atomic mass is 9.89. The van der Waals surface area contributed by atoms with Crippen molar-refractivity contribution in [1.29, 1.82) is 0 Å². The molecule has 0 bridgehead atoms. The summed E-state index contributed by atoms with van der Waals surface area (Å²) in [6.07, 6.45) is 5.92. The summed E-state index contributed by atoms with van der Waals surface area (Å²) >= 11 is 0. The van der Waals surface area contributed by atoms with Crippen molar-refractivity contribution in [2.24, 2.45) is 0 Å². The van der Waals surface area contributed by atoms with Gasteiger partial charge in [0.25, 0.3) is 0 Å². The molecule has 1 aromatic rings. The molecule has 4 aliphatic rings. The number of rotatable bonds is 3. The number of hydrogen-bond acceptors (Lipinski definition) is 6. The smallest absolute Gasteiger partial charge is 0.317 e. The van der Waals surface area contributed by atoms with Crippen LogP contribution >= 0.6 is 0 Å². The highest BCUT2D eigenvalue weighted by Gasteiger charge is 2.43. The summed E-state index contributed by atoms with van der Waals surface area (Å²) in [7, 11) is 0. The predicted molar refractivity (Wildman–Crippen MR) is 114 cm³/mol. The largest absolute Gasteiger partial charge is 0.460 e. The van der Waals surface area contributed by atoms with Crippen molar-refractivity contribution in [3.8, 4) is 5.75 Å². The summed E-state index contributed by atoms with van der Waals surface area (Å²) < 4.78 is 12.6. The Morgan fingerprint density at radius 3 is 2.60 bits per heavy atom. The highest BCUT2D eigenvalue weighted by molar-refractivity contribution is 5.74. The number of piperazine rings is 1. The molecule has 3 aliphatic heterocycles. The molecule has 0 radical (unpaired) electrons. The SMILES string of the molecule is CCNC(=O)N1CCN(c2ccc3c(n2)COC2(CCN(C4CCC4)CC2)O3)CC1. The van der Waals surface area contributed by atoms with E-state index in [1.165, 1.54) is 19.3 Å². The molecule has 164 valence electrons. The van der Waals surface area contributed by atoms with Gasteiger partial charge >= 0.3 is 6.03 Å². The van der Waals surface area contributed by atoms with Gasteiger partial charge in [-0.15, -0.1) is 0 Å². The van der Waals surface area contributed by atoms with Gasteiger partial charge < -0.3 is 24.6 Å². The van der Waals surface area contributed by atoms with E-state index in [2.05, 4.69) is 21.2 Å². The molecule has 4 heterocycles. The molecule has 2 amide bonds. The zero-order valence-corrected chi connectivity index (χ0v) is 17.9. The Morgan fingerprint density at radius 1 is 1.17 bits per heavy atom. The number of piperidine rings is 1. The number of aromatic nitrogens is 1. The highest BCUT2D eigenvalue weighted by Crippen LogP contribution is 2.39. The van der Waals surface area contributed by atoms with Crippen LogP contribution in [0.25, 0.3) is 0 Å². The highest BCUT2D eigenvalue weighted by atomic mass is 16.7.